The smallest absolute Gasteiger partial charge is 0.255 e. The van der Waals surface area contributed by atoms with Crippen LogP contribution in [-0.4, -0.2) is 53.3 Å². The Morgan fingerprint density at radius 2 is 1.81 bits per heavy atom. The molecule has 0 aliphatic heterocycles. The molecule has 0 aliphatic carbocycles. The lowest BCUT2D eigenvalue weighted by Crippen LogP contribution is -2.39. The number of carbonyl (C=O) groups is 2. The average Bonchev–Trinajstić information content (AvgIpc) is 3.22. The number of anilines is 1. The first kappa shape index (κ1) is 28.7. The molecule has 0 fully saturated rings. The number of carbonyl (C=O) groups excluding carboxylic acids is 2. The monoisotopic (exact) mass is 544 g/mol. The van der Waals surface area contributed by atoms with Crippen molar-refractivity contribution in [3.05, 3.63) is 74.9 Å². The van der Waals surface area contributed by atoms with Gasteiger partial charge in [0.1, 0.15) is 12.4 Å². The van der Waals surface area contributed by atoms with Crippen LogP contribution in [0, 0.1) is 13.8 Å². The summed E-state index contributed by atoms with van der Waals surface area (Å²) in [6, 6.07) is 12.6. The summed E-state index contributed by atoms with van der Waals surface area (Å²) in [6.07, 6.45) is 0.565. The molecule has 3 aromatic rings. The van der Waals surface area contributed by atoms with E-state index in [0.717, 1.165) is 22.5 Å². The summed E-state index contributed by atoms with van der Waals surface area (Å²) >= 11 is 12.3. The minimum Gasteiger partial charge on any atom is -0.385 e. The van der Waals surface area contributed by atoms with Crippen molar-refractivity contribution in [1.82, 2.24) is 14.7 Å². The zero-order valence-corrected chi connectivity index (χ0v) is 23.7. The van der Waals surface area contributed by atoms with Crippen LogP contribution in [-0.2, 0) is 14.9 Å². The van der Waals surface area contributed by atoms with Crippen LogP contribution in [0.5, 0.6) is 0 Å². The molecular weight excluding hydrogens is 511 g/mol. The second-order valence-corrected chi connectivity index (χ2v) is 11.0. The van der Waals surface area contributed by atoms with Crippen LogP contribution in [0.2, 0.25) is 10.0 Å². The third-order valence-electron chi connectivity index (χ3n) is 5.89. The van der Waals surface area contributed by atoms with Crippen molar-refractivity contribution >= 4 is 40.8 Å². The number of benzene rings is 2. The van der Waals surface area contributed by atoms with Gasteiger partial charge in [-0.1, -0.05) is 61.7 Å². The van der Waals surface area contributed by atoms with Crippen LogP contribution in [0.15, 0.2) is 42.5 Å². The number of nitrogens with zero attached hydrogens (tertiary/aromatic N) is 3. The van der Waals surface area contributed by atoms with Gasteiger partial charge in [0.05, 0.1) is 22.0 Å². The minimum atomic E-state index is -0.355. The van der Waals surface area contributed by atoms with E-state index in [-0.39, 0.29) is 34.4 Å². The van der Waals surface area contributed by atoms with Gasteiger partial charge in [-0.2, -0.15) is 5.10 Å². The fourth-order valence-electron chi connectivity index (χ4n) is 3.90. The number of methoxy groups -OCH3 is 1. The van der Waals surface area contributed by atoms with Crippen molar-refractivity contribution in [3.8, 4) is 5.69 Å². The first-order valence-corrected chi connectivity index (χ1v) is 12.9. The van der Waals surface area contributed by atoms with Crippen LogP contribution in [0.25, 0.3) is 5.69 Å². The molecule has 0 spiro atoms. The second-order valence-electron chi connectivity index (χ2n) is 10.1. The summed E-state index contributed by atoms with van der Waals surface area (Å²) in [5.74, 6) is -0.163. The molecule has 0 atom stereocenters. The molecule has 37 heavy (non-hydrogen) atoms. The fraction of sp³-hybridized carbons (Fsp3) is 0.393. The standard InChI is InChI=1S/C28H34Cl2N4O3/c1-18-8-11-23(19(2)14-18)34-25(16-24(32-34)28(3,4)5)31-26(35)17-33(12-7-13-37-6)27(36)21-10-9-20(29)15-22(21)30/h8-11,14-16H,7,12-13,17H2,1-6H3,(H,31,35). The van der Waals surface area contributed by atoms with E-state index in [9.17, 15) is 9.59 Å². The zero-order chi connectivity index (χ0) is 27.3. The molecule has 0 unspecified atom stereocenters. The Balaban J connectivity index is 1.90. The van der Waals surface area contributed by atoms with Crippen molar-refractivity contribution in [1.29, 1.82) is 0 Å². The maximum absolute atomic E-state index is 13.3. The molecule has 0 aliphatic rings. The highest BCUT2D eigenvalue weighted by Crippen LogP contribution is 2.28. The van der Waals surface area contributed by atoms with Gasteiger partial charge in [0.15, 0.2) is 0 Å². The molecule has 0 saturated carbocycles. The fourth-order valence-corrected chi connectivity index (χ4v) is 4.39. The van der Waals surface area contributed by atoms with E-state index in [1.54, 1.807) is 23.9 Å². The van der Waals surface area contributed by atoms with Gasteiger partial charge in [-0.25, -0.2) is 4.68 Å². The molecule has 198 valence electrons. The van der Waals surface area contributed by atoms with Crippen LogP contribution in [0.1, 0.15) is 54.4 Å². The first-order valence-electron chi connectivity index (χ1n) is 12.1. The van der Waals surface area contributed by atoms with Crippen LogP contribution < -0.4 is 5.32 Å². The van der Waals surface area contributed by atoms with Crippen molar-refractivity contribution in [2.45, 2.75) is 46.5 Å². The van der Waals surface area contributed by atoms with Crippen molar-refractivity contribution < 1.29 is 14.3 Å². The predicted molar refractivity (Wildman–Crippen MR) is 149 cm³/mol. The number of aromatic nitrogens is 2. The topological polar surface area (TPSA) is 76.5 Å². The minimum absolute atomic E-state index is 0.162. The number of halogens is 2. The molecule has 0 bridgehead atoms. The van der Waals surface area contributed by atoms with Crippen molar-refractivity contribution in [3.63, 3.8) is 0 Å². The van der Waals surface area contributed by atoms with Gasteiger partial charge in [0.2, 0.25) is 5.91 Å². The van der Waals surface area contributed by atoms with Gasteiger partial charge in [0.25, 0.3) is 5.91 Å². The van der Waals surface area contributed by atoms with E-state index in [4.69, 9.17) is 33.0 Å². The first-order chi connectivity index (χ1) is 17.4. The van der Waals surface area contributed by atoms with Crippen LogP contribution in [0.4, 0.5) is 5.82 Å². The lowest BCUT2D eigenvalue weighted by Gasteiger charge is -2.23. The Morgan fingerprint density at radius 1 is 1.08 bits per heavy atom. The SMILES string of the molecule is COCCCN(CC(=O)Nc1cc(C(C)(C)C)nn1-c1ccc(C)cc1C)C(=O)c1ccc(Cl)cc1Cl. The molecular formula is C28H34Cl2N4O3. The average molecular weight is 546 g/mol. The summed E-state index contributed by atoms with van der Waals surface area (Å²) < 4.78 is 6.89. The molecule has 9 heteroatoms. The summed E-state index contributed by atoms with van der Waals surface area (Å²) in [4.78, 5) is 28.1. The van der Waals surface area contributed by atoms with Gasteiger partial charge in [-0.15, -0.1) is 0 Å². The summed E-state index contributed by atoms with van der Waals surface area (Å²) in [7, 11) is 1.59. The maximum Gasteiger partial charge on any atom is 0.255 e. The molecule has 3 rings (SSSR count). The van der Waals surface area contributed by atoms with Crippen LogP contribution >= 0.6 is 23.2 Å². The van der Waals surface area contributed by atoms with E-state index in [1.807, 2.05) is 32.0 Å². The van der Waals surface area contributed by atoms with Crippen molar-refractivity contribution in [2.75, 3.05) is 32.1 Å². The van der Waals surface area contributed by atoms with Gasteiger partial charge in [-0.3, -0.25) is 9.59 Å². The van der Waals surface area contributed by atoms with E-state index < -0.39 is 0 Å². The van der Waals surface area contributed by atoms with E-state index in [0.29, 0.717) is 30.4 Å². The van der Waals surface area contributed by atoms with Gasteiger partial charge < -0.3 is 15.0 Å². The Bertz CT molecular complexity index is 1280. The molecule has 1 N–H and O–H groups in total. The number of ether oxygens (including phenoxy) is 1. The lowest BCUT2D eigenvalue weighted by molar-refractivity contribution is -0.117. The molecule has 1 heterocycles. The molecule has 2 amide bonds. The van der Waals surface area contributed by atoms with Crippen molar-refractivity contribution in [2.24, 2.45) is 0 Å². The number of amides is 2. The third-order valence-corrected chi connectivity index (χ3v) is 6.43. The quantitative estimate of drug-likeness (QED) is 0.325. The van der Waals surface area contributed by atoms with Crippen LogP contribution in [0.3, 0.4) is 0 Å². The maximum atomic E-state index is 13.3. The molecule has 2 aromatic carbocycles. The summed E-state index contributed by atoms with van der Waals surface area (Å²) in [5.41, 5.74) is 3.94. The predicted octanol–water partition coefficient (Wildman–Crippen LogP) is 6.21. The number of nitrogens with one attached hydrogen (secondary N) is 1. The van der Waals surface area contributed by atoms with Gasteiger partial charge in [0, 0.05) is 36.8 Å². The number of hydrogen-bond donors (Lipinski definition) is 1. The number of aryl methyl sites for hydroxylation is 2. The molecule has 7 nitrogen and oxygen atoms in total. The molecule has 1 aromatic heterocycles. The number of hydrogen-bond acceptors (Lipinski definition) is 4. The highest BCUT2D eigenvalue weighted by Gasteiger charge is 2.25. The zero-order valence-electron chi connectivity index (χ0n) is 22.2. The highest BCUT2D eigenvalue weighted by atomic mass is 35.5. The van der Waals surface area contributed by atoms with E-state index >= 15 is 0 Å². The highest BCUT2D eigenvalue weighted by molar-refractivity contribution is 6.36. The normalized spacial score (nSPS) is 11.5. The Morgan fingerprint density at radius 3 is 2.43 bits per heavy atom. The largest absolute Gasteiger partial charge is 0.385 e. The van der Waals surface area contributed by atoms with E-state index in [1.165, 1.54) is 11.0 Å². The number of rotatable bonds is 9. The molecule has 0 radical (unpaired) electrons. The Kier molecular flexibility index (Phi) is 9.40. The Hall–Kier alpha value is -2.87. The summed E-state index contributed by atoms with van der Waals surface area (Å²) in [6.45, 7) is 10.9. The van der Waals surface area contributed by atoms with Gasteiger partial charge >= 0.3 is 0 Å². The molecule has 0 saturated heterocycles. The van der Waals surface area contributed by atoms with Gasteiger partial charge in [-0.05, 0) is 50.1 Å². The third kappa shape index (κ3) is 7.34. The Labute approximate surface area is 228 Å². The van der Waals surface area contributed by atoms with E-state index in [2.05, 4.69) is 32.2 Å². The summed E-state index contributed by atoms with van der Waals surface area (Å²) in [5, 5.41) is 8.45. The lowest BCUT2D eigenvalue weighted by atomic mass is 9.92. The second kappa shape index (κ2) is 12.1.